The smallest absolute Gasteiger partial charge is 0.253 e. The Hall–Kier alpha value is -4.06. The van der Waals surface area contributed by atoms with Crippen molar-refractivity contribution >= 4 is 27.8 Å². The van der Waals surface area contributed by atoms with Gasteiger partial charge in [-0.05, 0) is 23.3 Å². The first-order valence-corrected chi connectivity index (χ1v) is 10.00. The van der Waals surface area contributed by atoms with Crippen LogP contribution in [0.3, 0.4) is 0 Å². The summed E-state index contributed by atoms with van der Waals surface area (Å²) in [6.07, 6.45) is 4.96. The van der Waals surface area contributed by atoms with Crippen LogP contribution >= 0.6 is 0 Å². The number of carbonyl (C=O) groups excluding carboxylic acids is 1. The van der Waals surface area contributed by atoms with E-state index < -0.39 is 5.82 Å². The van der Waals surface area contributed by atoms with Gasteiger partial charge < -0.3 is 10.3 Å². The monoisotopic (exact) mass is 410 g/mol. The first kappa shape index (κ1) is 18.9. The molecule has 152 valence electrons. The Morgan fingerprint density at radius 3 is 2.65 bits per heavy atom. The van der Waals surface area contributed by atoms with Crippen molar-refractivity contribution in [2.75, 3.05) is 6.54 Å². The summed E-state index contributed by atoms with van der Waals surface area (Å²) >= 11 is 0. The number of halogens is 1. The molecule has 5 aromatic rings. The van der Waals surface area contributed by atoms with E-state index in [-0.39, 0.29) is 17.4 Å². The van der Waals surface area contributed by atoms with Crippen molar-refractivity contribution in [3.05, 3.63) is 108 Å². The van der Waals surface area contributed by atoms with Crippen molar-refractivity contribution < 1.29 is 9.18 Å². The third-order valence-electron chi connectivity index (χ3n) is 5.45. The second kappa shape index (κ2) is 7.99. The molecule has 0 saturated heterocycles. The number of hydrogen-bond donors (Lipinski definition) is 2. The Labute approximate surface area is 178 Å². The molecule has 0 radical (unpaired) electrons. The van der Waals surface area contributed by atoms with Gasteiger partial charge in [0, 0.05) is 48.0 Å². The minimum Gasteiger partial charge on any atom is -0.361 e. The fraction of sp³-hybridized carbons (Fsp3) is 0.0800. The summed E-state index contributed by atoms with van der Waals surface area (Å²) in [7, 11) is 0. The predicted octanol–water partition coefficient (Wildman–Crippen LogP) is 4.81. The number of para-hydroxylation sites is 1. The van der Waals surface area contributed by atoms with E-state index >= 15 is 0 Å². The number of rotatable bonds is 5. The second-order valence-electron chi connectivity index (χ2n) is 7.34. The zero-order valence-electron chi connectivity index (χ0n) is 16.5. The van der Waals surface area contributed by atoms with E-state index in [9.17, 15) is 9.18 Å². The molecule has 0 saturated carbocycles. The molecule has 0 aliphatic rings. The summed E-state index contributed by atoms with van der Waals surface area (Å²) in [5.41, 5.74) is 4.11. The number of nitrogens with one attached hydrogen (secondary N) is 2. The highest BCUT2D eigenvalue weighted by Gasteiger charge is 2.20. The van der Waals surface area contributed by atoms with Crippen LogP contribution in [0.5, 0.6) is 0 Å². The molecule has 1 atom stereocenters. The summed E-state index contributed by atoms with van der Waals surface area (Å²) in [5, 5.41) is 4.09. The van der Waals surface area contributed by atoms with Crippen LogP contribution in [0.15, 0.2) is 85.3 Å². The molecule has 1 unspecified atom stereocenters. The van der Waals surface area contributed by atoms with Crippen molar-refractivity contribution in [1.29, 1.82) is 0 Å². The zero-order valence-corrected chi connectivity index (χ0v) is 16.5. The van der Waals surface area contributed by atoms with Gasteiger partial charge in [0.25, 0.3) is 5.91 Å². The Kier molecular flexibility index (Phi) is 4.88. The van der Waals surface area contributed by atoms with Crippen molar-refractivity contribution in [2.45, 2.75) is 5.92 Å². The fourth-order valence-electron chi connectivity index (χ4n) is 3.98. The highest BCUT2D eigenvalue weighted by Crippen LogP contribution is 2.30. The molecule has 1 amide bonds. The van der Waals surface area contributed by atoms with Crippen LogP contribution < -0.4 is 5.32 Å². The van der Waals surface area contributed by atoms with Crippen molar-refractivity contribution in [3.63, 3.8) is 0 Å². The van der Waals surface area contributed by atoms with Crippen LogP contribution in [0.2, 0.25) is 0 Å². The average molecular weight is 410 g/mol. The first-order valence-electron chi connectivity index (χ1n) is 10.00. The lowest BCUT2D eigenvalue weighted by Crippen LogP contribution is -2.29. The van der Waals surface area contributed by atoms with Crippen molar-refractivity contribution in [2.24, 2.45) is 0 Å². The van der Waals surface area contributed by atoms with E-state index in [1.54, 1.807) is 0 Å². The van der Waals surface area contributed by atoms with E-state index in [4.69, 9.17) is 0 Å². The van der Waals surface area contributed by atoms with Gasteiger partial charge in [-0.3, -0.25) is 14.8 Å². The van der Waals surface area contributed by atoms with Crippen LogP contribution in [0.4, 0.5) is 4.39 Å². The standard InChI is InChI=1S/C25H19FN4O/c26-17-12-19(24-23(13-17)27-10-11-28-24)25(31)30-14-20(16-6-2-1-3-7-16)21-15-29-22-9-5-4-8-18(21)22/h1-13,15,20,29H,14H2,(H,30,31). The minimum absolute atomic E-state index is 0.0767. The third-order valence-corrected chi connectivity index (χ3v) is 5.45. The Bertz CT molecular complexity index is 1380. The van der Waals surface area contributed by atoms with Gasteiger partial charge in [-0.25, -0.2) is 4.39 Å². The number of amides is 1. The number of fused-ring (bicyclic) bond motifs is 2. The predicted molar refractivity (Wildman–Crippen MR) is 118 cm³/mol. The molecule has 6 heteroatoms. The molecule has 0 aliphatic heterocycles. The van der Waals surface area contributed by atoms with E-state index in [0.717, 1.165) is 22.0 Å². The van der Waals surface area contributed by atoms with E-state index in [1.807, 2.05) is 54.7 Å². The van der Waals surface area contributed by atoms with Crippen LogP contribution in [0.1, 0.15) is 27.4 Å². The number of benzene rings is 3. The van der Waals surface area contributed by atoms with Gasteiger partial charge in [0.05, 0.1) is 11.1 Å². The molecule has 0 aliphatic carbocycles. The number of aromatic amines is 1. The zero-order chi connectivity index (χ0) is 21.2. The number of aromatic nitrogens is 3. The summed E-state index contributed by atoms with van der Waals surface area (Å²) in [6.45, 7) is 0.350. The van der Waals surface area contributed by atoms with Gasteiger partial charge in [0.1, 0.15) is 11.3 Å². The lowest BCUT2D eigenvalue weighted by Gasteiger charge is -2.18. The fourth-order valence-corrected chi connectivity index (χ4v) is 3.98. The number of carbonyl (C=O) groups is 1. The molecule has 0 spiro atoms. The van der Waals surface area contributed by atoms with Gasteiger partial charge in [-0.15, -0.1) is 0 Å². The maximum atomic E-state index is 14.1. The maximum Gasteiger partial charge on any atom is 0.253 e. The van der Waals surface area contributed by atoms with Gasteiger partial charge in [0.2, 0.25) is 0 Å². The lowest BCUT2D eigenvalue weighted by atomic mass is 9.91. The van der Waals surface area contributed by atoms with Crippen molar-refractivity contribution in [3.8, 4) is 0 Å². The quantitative estimate of drug-likeness (QED) is 0.437. The lowest BCUT2D eigenvalue weighted by molar-refractivity contribution is 0.0953. The highest BCUT2D eigenvalue weighted by atomic mass is 19.1. The van der Waals surface area contributed by atoms with Gasteiger partial charge in [-0.2, -0.15) is 0 Å². The topological polar surface area (TPSA) is 70.7 Å². The SMILES string of the molecule is O=C(NCC(c1ccccc1)c1c[nH]c2ccccc12)c1cc(F)cc2nccnc12. The van der Waals surface area contributed by atoms with E-state index in [0.29, 0.717) is 17.6 Å². The Morgan fingerprint density at radius 2 is 1.77 bits per heavy atom. The molecule has 5 rings (SSSR count). The summed E-state index contributed by atoms with van der Waals surface area (Å²) in [6, 6.07) is 20.6. The summed E-state index contributed by atoms with van der Waals surface area (Å²) < 4.78 is 14.1. The van der Waals surface area contributed by atoms with Crippen molar-refractivity contribution in [1.82, 2.24) is 20.3 Å². The molecule has 5 nitrogen and oxygen atoms in total. The van der Waals surface area contributed by atoms with Gasteiger partial charge in [-0.1, -0.05) is 48.5 Å². The van der Waals surface area contributed by atoms with Crippen LogP contribution in [-0.4, -0.2) is 27.4 Å². The number of nitrogens with zero attached hydrogens (tertiary/aromatic N) is 2. The van der Waals surface area contributed by atoms with Gasteiger partial charge >= 0.3 is 0 Å². The van der Waals surface area contributed by atoms with E-state index in [1.165, 1.54) is 24.5 Å². The molecule has 3 aromatic carbocycles. The Balaban J connectivity index is 1.49. The van der Waals surface area contributed by atoms with E-state index in [2.05, 4.69) is 26.3 Å². The Morgan fingerprint density at radius 1 is 1.00 bits per heavy atom. The van der Waals surface area contributed by atoms with Crippen LogP contribution in [-0.2, 0) is 0 Å². The number of H-pyrrole nitrogens is 1. The van der Waals surface area contributed by atoms with Gasteiger partial charge in [0.15, 0.2) is 0 Å². The first-order chi connectivity index (χ1) is 15.2. The maximum absolute atomic E-state index is 14.1. The molecule has 0 fully saturated rings. The van der Waals surface area contributed by atoms with Crippen LogP contribution in [0.25, 0.3) is 21.9 Å². The second-order valence-corrected chi connectivity index (χ2v) is 7.34. The normalized spacial score (nSPS) is 12.2. The molecular formula is C25H19FN4O. The summed E-state index contributed by atoms with van der Waals surface area (Å²) in [4.78, 5) is 24.7. The summed E-state index contributed by atoms with van der Waals surface area (Å²) in [5.74, 6) is -0.979. The number of hydrogen-bond acceptors (Lipinski definition) is 3. The molecule has 2 N–H and O–H groups in total. The largest absolute Gasteiger partial charge is 0.361 e. The molecule has 2 heterocycles. The minimum atomic E-state index is -0.519. The molecule has 0 bridgehead atoms. The van der Waals surface area contributed by atoms with Crippen LogP contribution in [0, 0.1) is 5.82 Å². The molecule has 31 heavy (non-hydrogen) atoms. The highest BCUT2D eigenvalue weighted by molar-refractivity contribution is 6.04. The molecular weight excluding hydrogens is 391 g/mol. The third kappa shape index (κ3) is 3.64. The molecule has 2 aromatic heterocycles. The average Bonchev–Trinajstić information content (AvgIpc) is 3.23.